The molecule has 1 saturated heterocycles. The number of hydrogen-bond donors (Lipinski definition) is 1. The highest BCUT2D eigenvalue weighted by Crippen LogP contribution is 2.28. The van der Waals surface area contributed by atoms with Gasteiger partial charge in [-0.1, -0.05) is 18.0 Å². The topological polar surface area (TPSA) is 89.7 Å². The standard InChI is InChI=1S/C23H28N4O4S/c1-29-18-8-6-17(7-9-18)24-23(28)30-15-12-21-25-22(31-26-21)20-11-10-19(32-20)16-27-13-4-2-3-5-14-27/h6-11H,2-5,12-16H2,1H3,(H,24,28). The van der Waals surface area contributed by atoms with E-state index in [4.69, 9.17) is 14.0 Å². The first-order valence-electron chi connectivity index (χ1n) is 10.9. The van der Waals surface area contributed by atoms with Crippen LogP contribution in [0, 0.1) is 0 Å². The Labute approximate surface area is 191 Å². The molecule has 1 aliphatic rings. The van der Waals surface area contributed by atoms with Crippen molar-refractivity contribution in [3.63, 3.8) is 0 Å². The summed E-state index contributed by atoms with van der Waals surface area (Å²) in [6, 6.07) is 11.2. The number of methoxy groups -OCH3 is 1. The molecule has 9 heteroatoms. The molecule has 8 nitrogen and oxygen atoms in total. The van der Waals surface area contributed by atoms with Crippen LogP contribution in [0.2, 0.25) is 0 Å². The molecule has 0 saturated carbocycles. The van der Waals surface area contributed by atoms with Gasteiger partial charge in [0.2, 0.25) is 0 Å². The van der Waals surface area contributed by atoms with Crippen LogP contribution in [0.25, 0.3) is 10.8 Å². The number of benzene rings is 1. The highest BCUT2D eigenvalue weighted by atomic mass is 32.1. The summed E-state index contributed by atoms with van der Waals surface area (Å²) in [5, 5.41) is 6.68. The second-order valence-corrected chi connectivity index (χ2v) is 8.88. The van der Waals surface area contributed by atoms with Crippen molar-refractivity contribution in [3.05, 3.63) is 47.1 Å². The van der Waals surface area contributed by atoms with Gasteiger partial charge in [0, 0.05) is 23.5 Å². The molecule has 1 amide bonds. The molecule has 0 aliphatic carbocycles. The Hall–Kier alpha value is -2.91. The molecule has 0 radical (unpaired) electrons. The quantitative estimate of drug-likeness (QED) is 0.512. The van der Waals surface area contributed by atoms with Crippen LogP contribution in [-0.4, -0.2) is 47.9 Å². The van der Waals surface area contributed by atoms with Gasteiger partial charge < -0.3 is 14.0 Å². The van der Waals surface area contributed by atoms with Crippen LogP contribution >= 0.6 is 11.3 Å². The van der Waals surface area contributed by atoms with Gasteiger partial charge in [-0.2, -0.15) is 4.98 Å². The molecule has 0 unspecified atom stereocenters. The Kier molecular flexibility index (Phi) is 7.73. The number of carbonyl (C=O) groups is 1. The number of likely N-dealkylation sites (tertiary alicyclic amines) is 1. The lowest BCUT2D eigenvalue weighted by atomic mass is 10.2. The fourth-order valence-electron chi connectivity index (χ4n) is 3.61. The number of anilines is 1. The fraction of sp³-hybridized carbons (Fsp3) is 0.435. The maximum atomic E-state index is 11.9. The number of nitrogens with one attached hydrogen (secondary N) is 1. The number of ether oxygens (including phenoxy) is 2. The molecule has 0 spiro atoms. The predicted molar refractivity (Wildman–Crippen MR) is 123 cm³/mol. The SMILES string of the molecule is COc1ccc(NC(=O)OCCc2noc(-c3ccc(CN4CCCCCC4)s3)n2)cc1. The smallest absolute Gasteiger partial charge is 0.411 e. The fourth-order valence-corrected chi connectivity index (χ4v) is 4.58. The Morgan fingerprint density at radius 3 is 2.66 bits per heavy atom. The molecule has 1 N–H and O–H groups in total. The Morgan fingerprint density at radius 2 is 1.91 bits per heavy atom. The number of carbonyl (C=O) groups excluding carboxylic acids is 1. The zero-order valence-corrected chi connectivity index (χ0v) is 19.0. The average molecular weight is 457 g/mol. The maximum absolute atomic E-state index is 11.9. The van der Waals surface area contributed by atoms with E-state index in [1.54, 1.807) is 42.7 Å². The predicted octanol–water partition coefficient (Wildman–Crippen LogP) is 4.97. The highest BCUT2D eigenvalue weighted by molar-refractivity contribution is 7.15. The van der Waals surface area contributed by atoms with Crippen molar-refractivity contribution >= 4 is 23.1 Å². The Morgan fingerprint density at radius 1 is 1.12 bits per heavy atom. The molecular formula is C23H28N4O4S. The first-order chi connectivity index (χ1) is 15.7. The van der Waals surface area contributed by atoms with Crippen LogP contribution in [0.15, 0.2) is 40.9 Å². The van der Waals surface area contributed by atoms with E-state index in [0.717, 1.165) is 17.2 Å². The van der Waals surface area contributed by atoms with E-state index in [1.165, 1.54) is 43.6 Å². The van der Waals surface area contributed by atoms with Gasteiger partial charge in [-0.05, 0) is 62.3 Å². The minimum absolute atomic E-state index is 0.158. The van der Waals surface area contributed by atoms with Crippen molar-refractivity contribution in [1.82, 2.24) is 15.0 Å². The summed E-state index contributed by atoms with van der Waals surface area (Å²) < 4.78 is 15.7. The largest absolute Gasteiger partial charge is 0.497 e. The van der Waals surface area contributed by atoms with Crippen molar-refractivity contribution in [2.24, 2.45) is 0 Å². The van der Waals surface area contributed by atoms with Gasteiger partial charge in [-0.25, -0.2) is 4.79 Å². The third-order valence-corrected chi connectivity index (χ3v) is 6.37. The third-order valence-electron chi connectivity index (χ3n) is 5.31. The van der Waals surface area contributed by atoms with Crippen molar-refractivity contribution < 1.29 is 18.8 Å². The van der Waals surface area contributed by atoms with Gasteiger partial charge in [0.25, 0.3) is 5.89 Å². The van der Waals surface area contributed by atoms with E-state index in [1.807, 2.05) is 6.07 Å². The number of aromatic nitrogens is 2. The molecule has 4 rings (SSSR count). The zero-order chi connectivity index (χ0) is 22.2. The number of rotatable bonds is 8. The second kappa shape index (κ2) is 11.1. The molecule has 3 aromatic rings. The van der Waals surface area contributed by atoms with Gasteiger partial charge in [0.15, 0.2) is 5.82 Å². The average Bonchev–Trinajstić information content (AvgIpc) is 3.38. The lowest BCUT2D eigenvalue weighted by molar-refractivity contribution is 0.162. The van der Waals surface area contributed by atoms with E-state index in [9.17, 15) is 4.79 Å². The van der Waals surface area contributed by atoms with Crippen LogP contribution in [0.4, 0.5) is 10.5 Å². The van der Waals surface area contributed by atoms with E-state index in [2.05, 4.69) is 26.4 Å². The number of nitrogens with zero attached hydrogens (tertiary/aromatic N) is 3. The maximum Gasteiger partial charge on any atom is 0.411 e. The minimum atomic E-state index is -0.532. The van der Waals surface area contributed by atoms with Gasteiger partial charge in [0.05, 0.1) is 12.0 Å². The highest BCUT2D eigenvalue weighted by Gasteiger charge is 2.15. The molecule has 32 heavy (non-hydrogen) atoms. The summed E-state index contributed by atoms with van der Waals surface area (Å²) >= 11 is 1.69. The van der Waals surface area contributed by atoms with E-state index < -0.39 is 6.09 Å². The molecule has 2 aromatic heterocycles. The molecule has 1 fully saturated rings. The van der Waals surface area contributed by atoms with E-state index in [0.29, 0.717) is 23.8 Å². The van der Waals surface area contributed by atoms with Crippen LogP contribution < -0.4 is 10.1 Å². The van der Waals surface area contributed by atoms with E-state index >= 15 is 0 Å². The second-order valence-electron chi connectivity index (χ2n) is 7.71. The summed E-state index contributed by atoms with van der Waals surface area (Å²) in [4.78, 5) is 21.2. The first kappa shape index (κ1) is 22.3. The molecule has 1 aromatic carbocycles. The molecule has 0 atom stereocenters. The lowest BCUT2D eigenvalue weighted by Crippen LogP contribution is -2.23. The number of amides is 1. The molecule has 1 aliphatic heterocycles. The van der Waals surface area contributed by atoms with Gasteiger partial charge in [-0.15, -0.1) is 11.3 Å². The summed E-state index contributed by atoms with van der Waals surface area (Å²) in [5.41, 5.74) is 0.631. The van der Waals surface area contributed by atoms with E-state index in [-0.39, 0.29) is 6.61 Å². The van der Waals surface area contributed by atoms with Crippen LogP contribution in [0.5, 0.6) is 5.75 Å². The molecule has 3 heterocycles. The third kappa shape index (κ3) is 6.30. The van der Waals surface area contributed by atoms with Crippen LogP contribution in [0.3, 0.4) is 0 Å². The Balaban J connectivity index is 1.23. The summed E-state index contributed by atoms with van der Waals surface area (Å²) in [7, 11) is 1.59. The first-order valence-corrected chi connectivity index (χ1v) is 11.7. The molecule has 170 valence electrons. The normalized spacial score (nSPS) is 14.7. The number of hydrogen-bond acceptors (Lipinski definition) is 8. The molecular weight excluding hydrogens is 428 g/mol. The lowest BCUT2D eigenvalue weighted by Gasteiger charge is -2.18. The zero-order valence-electron chi connectivity index (χ0n) is 18.2. The Bertz CT molecular complexity index is 994. The summed E-state index contributed by atoms with van der Waals surface area (Å²) in [5.74, 6) is 1.74. The van der Waals surface area contributed by atoms with Gasteiger partial charge in [-0.3, -0.25) is 10.2 Å². The van der Waals surface area contributed by atoms with Crippen molar-refractivity contribution in [2.75, 3.05) is 32.1 Å². The molecule has 0 bridgehead atoms. The monoisotopic (exact) mass is 456 g/mol. The van der Waals surface area contributed by atoms with Crippen molar-refractivity contribution in [3.8, 4) is 16.5 Å². The summed E-state index contributed by atoms with van der Waals surface area (Å²) in [6.07, 6.45) is 5.09. The summed E-state index contributed by atoms with van der Waals surface area (Å²) in [6.45, 7) is 3.47. The van der Waals surface area contributed by atoms with Crippen molar-refractivity contribution in [1.29, 1.82) is 0 Å². The van der Waals surface area contributed by atoms with Gasteiger partial charge in [0.1, 0.15) is 12.4 Å². The van der Waals surface area contributed by atoms with Gasteiger partial charge >= 0.3 is 6.09 Å². The van der Waals surface area contributed by atoms with Crippen molar-refractivity contribution in [2.45, 2.75) is 38.6 Å². The number of thiophene rings is 1. The van der Waals surface area contributed by atoms with Crippen LogP contribution in [-0.2, 0) is 17.7 Å². The minimum Gasteiger partial charge on any atom is -0.497 e. The van der Waals surface area contributed by atoms with Crippen LogP contribution in [0.1, 0.15) is 36.4 Å².